The van der Waals surface area contributed by atoms with Crippen LogP contribution >= 0.6 is 15.9 Å². The quantitative estimate of drug-likeness (QED) is 0.896. The molecule has 0 aromatic heterocycles. The highest BCUT2D eigenvalue weighted by Gasteiger charge is 2.32. The Morgan fingerprint density at radius 2 is 2.00 bits per heavy atom. The minimum atomic E-state index is -4.29. The second-order valence-electron chi connectivity index (χ2n) is 3.97. The molecule has 1 N–H and O–H groups in total. The number of halogens is 4. The molecule has 1 aromatic rings. The minimum Gasteiger partial charge on any atom is -0.310 e. The first-order valence-corrected chi connectivity index (χ1v) is 5.85. The van der Waals surface area contributed by atoms with Gasteiger partial charge in [0.25, 0.3) is 0 Å². The van der Waals surface area contributed by atoms with E-state index in [1.165, 1.54) is 25.0 Å². The molecule has 1 saturated carbocycles. The summed E-state index contributed by atoms with van der Waals surface area (Å²) in [6, 6.07) is 4.72. The molecule has 1 aliphatic carbocycles. The van der Waals surface area contributed by atoms with Gasteiger partial charge in [0.1, 0.15) is 0 Å². The summed E-state index contributed by atoms with van der Waals surface area (Å²) in [6.07, 6.45) is -1.95. The summed E-state index contributed by atoms with van der Waals surface area (Å²) in [5.41, 5.74) is 0.245. The van der Waals surface area contributed by atoms with Crippen LogP contribution in [0.25, 0.3) is 0 Å². The van der Waals surface area contributed by atoms with Crippen molar-refractivity contribution in [3.63, 3.8) is 0 Å². The highest BCUT2D eigenvalue weighted by Crippen LogP contribution is 2.35. The van der Waals surface area contributed by atoms with Gasteiger partial charge in [0.15, 0.2) is 0 Å². The van der Waals surface area contributed by atoms with E-state index in [1.807, 2.05) is 0 Å². The molecule has 5 heteroatoms. The third kappa shape index (κ3) is 2.98. The molecule has 2 rings (SSSR count). The lowest BCUT2D eigenvalue weighted by atomic mass is 10.1. The zero-order valence-corrected chi connectivity index (χ0v) is 10.0. The predicted molar refractivity (Wildman–Crippen MR) is 59.0 cm³/mol. The monoisotopic (exact) mass is 293 g/mol. The van der Waals surface area contributed by atoms with Crippen molar-refractivity contribution in [2.24, 2.45) is 0 Å². The van der Waals surface area contributed by atoms with Crippen molar-refractivity contribution >= 4 is 15.9 Å². The Labute approximate surface area is 100 Å². The molecule has 1 aliphatic rings. The first-order chi connectivity index (χ1) is 7.47. The first-order valence-electron chi connectivity index (χ1n) is 5.06. The maximum absolute atomic E-state index is 12.5. The average molecular weight is 294 g/mol. The van der Waals surface area contributed by atoms with Crippen LogP contribution in [0.2, 0.25) is 0 Å². The van der Waals surface area contributed by atoms with Gasteiger partial charge in [-0.2, -0.15) is 13.2 Å². The molecule has 0 amide bonds. The summed E-state index contributed by atoms with van der Waals surface area (Å²) in [6.45, 7) is 0.626. The number of benzene rings is 1. The first kappa shape index (κ1) is 11.9. The van der Waals surface area contributed by atoms with Gasteiger partial charge in [-0.25, -0.2) is 0 Å². The van der Waals surface area contributed by atoms with Crippen LogP contribution in [0.15, 0.2) is 22.7 Å². The third-order valence-electron chi connectivity index (χ3n) is 2.51. The van der Waals surface area contributed by atoms with Crippen LogP contribution in [0.5, 0.6) is 0 Å². The highest BCUT2D eigenvalue weighted by atomic mass is 79.9. The zero-order chi connectivity index (χ0) is 11.8. The molecule has 0 spiro atoms. The Bertz CT molecular complexity index is 385. The molecular weight excluding hydrogens is 283 g/mol. The largest absolute Gasteiger partial charge is 0.417 e. The minimum absolute atomic E-state index is 0.107. The fraction of sp³-hybridized carbons (Fsp3) is 0.455. The molecule has 16 heavy (non-hydrogen) atoms. The maximum atomic E-state index is 12.5. The molecule has 0 radical (unpaired) electrons. The lowest BCUT2D eigenvalue weighted by molar-refractivity contribution is -0.138. The summed E-state index contributed by atoms with van der Waals surface area (Å²) in [5.74, 6) is 0. The topological polar surface area (TPSA) is 12.0 Å². The van der Waals surface area contributed by atoms with Crippen molar-refractivity contribution in [1.82, 2.24) is 5.32 Å². The lowest BCUT2D eigenvalue weighted by Gasteiger charge is -2.10. The Hall–Kier alpha value is -0.550. The van der Waals surface area contributed by atoms with Crippen LogP contribution in [-0.2, 0) is 12.7 Å². The van der Waals surface area contributed by atoms with Crippen LogP contribution in [0, 0.1) is 0 Å². The second kappa shape index (κ2) is 4.37. The fourth-order valence-electron chi connectivity index (χ4n) is 1.45. The smallest absolute Gasteiger partial charge is 0.310 e. The number of alkyl halides is 3. The van der Waals surface area contributed by atoms with Crippen LogP contribution in [0.4, 0.5) is 13.2 Å². The molecule has 0 unspecified atom stereocenters. The van der Waals surface area contributed by atoms with Gasteiger partial charge in [0.2, 0.25) is 0 Å². The van der Waals surface area contributed by atoms with Gasteiger partial charge < -0.3 is 5.32 Å². The van der Waals surface area contributed by atoms with E-state index >= 15 is 0 Å². The Morgan fingerprint density at radius 1 is 1.31 bits per heavy atom. The molecule has 1 fully saturated rings. The molecule has 0 bridgehead atoms. The van der Waals surface area contributed by atoms with Crippen LogP contribution < -0.4 is 5.32 Å². The zero-order valence-electron chi connectivity index (χ0n) is 8.44. The van der Waals surface area contributed by atoms with E-state index in [-0.39, 0.29) is 4.47 Å². The summed E-state index contributed by atoms with van der Waals surface area (Å²) in [5, 5.41) is 3.26. The van der Waals surface area contributed by atoms with Gasteiger partial charge in [-0.05, 0) is 30.5 Å². The Morgan fingerprint density at radius 3 is 2.50 bits per heavy atom. The summed E-state index contributed by atoms with van der Waals surface area (Å²) in [4.78, 5) is 0. The van der Waals surface area contributed by atoms with Crippen LogP contribution in [0.1, 0.15) is 24.0 Å². The van der Waals surface area contributed by atoms with E-state index in [0.29, 0.717) is 12.6 Å². The van der Waals surface area contributed by atoms with Gasteiger partial charge in [-0.1, -0.05) is 22.0 Å². The van der Waals surface area contributed by atoms with E-state index in [9.17, 15) is 13.2 Å². The van der Waals surface area contributed by atoms with E-state index in [1.54, 1.807) is 0 Å². The number of hydrogen-bond donors (Lipinski definition) is 1. The van der Waals surface area contributed by atoms with E-state index in [0.717, 1.165) is 11.6 Å². The van der Waals surface area contributed by atoms with Crippen molar-refractivity contribution in [3.8, 4) is 0 Å². The Balaban J connectivity index is 2.08. The summed E-state index contributed by atoms with van der Waals surface area (Å²) < 4.78 is 37.5. The standard InChI is InChI=1S/C11H11BrF3N/c12-10-5-7(6-16-8-2-3-8)1-4-9(10)11(13,14)15/h1,4-5,8,16H,2-3,6H2. The van der Waals surface area contributed by atoms with Crippen LogP contribution in [0.3, 0.4) is 0 Å². The molecular formula is C11H11BrF3N. The molecule has 0 atom stereocenters. The third-order valence-corrected chi connectivity index (χ3v) is 3.17. The van der Waals surface area contributed by atoms with Gasteiger partial charge in [0.05, 0.1) is 5.56 Å². The lowest BCUT2D eigenvalue weighted by Crippen LogP contribution is -2.15. The van der Waals surface area contributed by atoms with Crippen molar-refractivity contribution in [2.45, 2.75) is 31.6 Å². The summed E-state index contributed by atoms with van der Waals surface area (Å²) in [7, 11) is 0. The van der Waals surface area contributed by atoms with E-state index in [2.05, 4.69) is 21.2 Å². The maximum Gasteiger partial charge on any atom is 0.417 e. The molecule has 0 saturated heterocycles. The molecule has 0 aliphatic heterocycles. The van der Waals surface area contributed by atoms with Gasteiger partial charge in [-0.3, -0.25) is 0 Å². The molecule has 1 nitrogen and oxygen atoms in total. The van der Waals surface area contributed by atoms with Crippen molar-refractivity contribution in [2.75, 3.05) is 0 Å². The van der Waals surface area contributed by atoms with Crippen LogP contribution in [-0.4, -0.2) is 6.04 Å². The second-order valence-corrected chi connectivity index (χ2v) is 4.82. The predicted octanol–water partition coefficient (Wildman–Crippen LogP) is 3.72. The van der Waals surface area contributed by atoms with Gasteiger partial charge in [-0.15, -0.1) is 0 Å². The summed E-state index contributed by atoms with van der Waals surface area (Å²) >= 11 is 2.96. The SMILES string of the molecule is FC(F)(F)c1ccc(CNC2CC2)cc1Br. The highest BCUT2D eigenvalue weighted by molar-refractivity contribution is 9.10. The average Bonchev–Trinajstić information content (AvgIpc) is 2.96. The molecule has 88 valence electrons. The number of hydrogen-bond acceptors (Lipinski definition) is 1. The van der Waals surface area contributed by atoms with Gasteiger partial charge >= 0.3 is 6.18 Å². The number of nitrogens with one attached hydrogen (secondary N) is 1. The molecule has 1 aromatic carbocycles. The van der Waals surface area contributed by atoms with Crippen molar-refractivity contribution < 1.29 is 13.2 Å². The van der Waals surface area contributed by atoms with E-state index < -0.39 is 11.7 Å². The Kier molecular flexibility index (Phi) is 3.26. The van der Waals surface area contributed by atoms with E-state index in [4.69, 9.17) is 0 Å². The normalized spacial score (nSPS) is 16.5. The molecule has 0 heterocycles. The van der Waals surface area contributed by atoms with Crippen molar-refractivity contribution in [1.29, 1.82) is 0 Å². The van der Waals surface area contributed by atoms with Crippen molar-refractivity contribution in [3.05, 3.63) is 33.8 Å². The van der Waals surface area contributed by atoms with Gasteiger partial charge in [0, 0.05) is 17.1 Å². The fourth-order valence-corrected chi connectivity index (χ4v) is 2.10. The number of rotatable bonds is 3.